The highest BCUT2D eigenvalue weighted by Gasteiger charge is 2.15. The Hall–Kier alpha value is -2.94. The van der Waals surface area contributed by atoms with Crippen LogP contribution in [0.1, 0.15) is 11.1 Å². The van der Waals surface area contributed by atoms with Crippen molar-refractivity contribution in [2.45, 2.75) is 13.0 Å². The number of aryl methyl sites for hydroxylation is 1. The molecule has 0 unspecified atom stereocenters. The van der Waals surface area contributed by atoms with Gasteiger partial charge < -0.3 is 10.0 Å². The van der Waals surface area contributed by atoms with E-state index in [1.165, 1.54) is 18.3 Å². The number of nitrogens with one attached hydrogen (secondary N) is 1. The summed E-state index contributed by atoms with van der Waals surface area (Å²) < 4.78 is 14.1. The summed E-state index contributed by atoms with van der Waals surface area (Å²) in [5, 5.41) is 16.5. The average molecular weight is 375 g/mol. The third-order valence-corrected chi connectivity index (χ3v) is 4.57. The smallest absolute Gasteiger partial charge is 0.331 e. The number of nitrogens with zero attached hydrogens (tertiary/aromatic N) is 4. The molecule has 0 atom stereocenters. The van der Waals surface area contributed by atoms with Crippen LogP contribution in [0.2, 0.25) is 0 Å². The fraction of sp³-hybridized carbons (Fsp3) is 0.389. The first kappa shape index (κ1) is 18.8. The zero-order valence-electron chi connectivity index (χ0n) is 15.1. The largest absolute Gasteiger partial charge is 0.494 e. The second-order valence-corrected chi connectivity index (χ2v) is 6.53. The molecule has 0 bridgehead atoms. The van der Waals surface area contributed by atoms with E-state index in [0.717, 1.165) is 36.3 Å². The lowest BCUT2D eigenvalue weighted by molar-refractivity contribution is 0.159. The molecular weight excluding hydrogens is 353 g/mol. The summed E-state index contributed by atoms with van der Waals surface area (Å²) in [5.74, 6) is -0.769. The van der Waals surface area contributed by atoms with E-state index >= 15 is 0 Å². The molecule has 8 nitrogen and oxygen atoms in total. The predicted octanol–water partition coefficient (Wildman–Crippen LogP) is 0.205. The van der Waals surface area contributed by atoms with Crippen molar-refractivity contribution in [3.8, 4) is 5.88 Å². The van der Waals surface area contributed by atoms with Gasteiger partial charge in [0.05, 0.1) is 6.21 Å². The molecule has 1 saturated heterocycles. The van der Waals surface area contributed by atoms with Gasteiger partial charge in [-0.3, -0.25) is 19.4 Å². The van der Waals surface area contributed by atoms with E-state index in [1.807, 2.05) is 12.1 Å². The van der Waals surface area contributed by atoms with E-state index in [0.29, 0.717) is 6.42 Å². The Balaban J connectivity index is 1.79. The fourth-order valence-electron chi connectivity index (χ4n) is 2.84. The molecule has 1 aliphatic heterocycles. The lowest BCUT2D eigenvalue weighted by Crippen LogP contribution is -2.42. The van der Waals surface area contributed by atoms with Crippen molar-refractivity contribution in [1.29, 1.82) is 0 Å². The van der Waals surface area contributed by atoms with Gasteiger partial charge in [-0.25, -0.2) is 9.18 Å². The number of hydrogen-bond donors (Lipinski definition) is 2. The zero-order chi connectivity index (χ0) is 19.4. The summed E-state index contributed by atoms with van der Waals surface area (Å²) in [6, 6.07) is 5.88. The van der Waals surface area contributed by atoms with Crippen LogP contribution in [0.25, 0.3) is 0 Å². The predicted molar refractivity (Wildman–Crippen MR) is 99.8 cm³/mol. The van der Waals surface area contributed by atoms with Gasteiger partial charge in [-0.05, 0) is 31.2 Å². The maximum absolute atomic E-state index is 13.0. The summed E-state index contributed by atoms with van der Waals surface area (Å²) in [4.78, 5) is 28.5. The number of aromatic nitrogens is 2. The summed E-state index contributed by atoms with van der Waals surface area (Å²) in [6.07, 6.45) is 1.68. The lowest BCUT2D eigenvalue weighted by Gasteiger charge is -2.30. The number of hydrazone groups is 1. The number of likely N-dealkylation sites (N-methyl/N-ethyl adjacent to an activating group) is 1. The third-order valence-electron chi connectivity index (χ3n) is 4.57. The Kier molecular flexibility index (Phi) is 5.70. The van der Waals surface area contributed by atoms with E-state index in [2.05, 4.69) is 15.0 Å². The number of aromatic amines is 1. The molecule has 1 fully saturated rings. The zero-order valence-corrected chi connectivity index (χ0v) is 15.1. The first-order valence-corrected chi connectivity index (χ1v) is 8.72. The molecule has 0 amide bonds. The van der Waals surface area contributed by atoms with E-state index in [4.69, 9.17) is 0 Å². The van der Waals surface area contributed by atoms with Crippen LogP contribution in [-0.2, 0) is 13.0 Å². The van der Waals surface area contributed by atoms with Crippen molar-refractivity contribution < 1.29 is 9.50 Å². The minimum absolute atomic E-state index is 0.0624. The van der Waals surface area contributed by atoms with Crippen LogP contribution in [0.5, 0.6) is 5.88 Å². The van der Waals surface area contributed by atoms with Crippen LogP contribution in [-0.4, -0.2) is 64.0 Å². The molecule has 2 aromatic rings. The molecule has 1 aromatic heterocycles. The summed E-state index contributed by atoms with van der Waals surface area (Å²) in [7, 11) is 2.02. The van der Waals surface area contributed by atoms with Crippen molar-refractivity contribution in [2.75, 3.05) is 33.2 Å². The van der Waals surface area contributed by atoms with Crippen LogP contribution >= 0.6 is 0 Å². The average Bonchev–Trinajstić information content (AvgIpc) is 2.64. The van der Waals surface area contributed by atoms with Crippen LogP contribution in [0.3, 0.4) is 0 Å². The normalized spacial score (nSPS) is 15.6. The molecule has 1 aromatic carbocycles. The van der Waals surface area contributed by atoms with E-state index in [1.54, 1.807) is 12.1 Å². The minimum atomic E-state index is -0.698. The molecule has 0 radical (unpaired) electrons. The molecule has 9 heteroatoms. The summed E-state index contributed by atoms with van der Waals surface area (Å²) in [5.41, 5.74) is -0.640. The van der Waals surface area contributed by atoms with Gasteiger partial charge in [-0.2, -0.15) is 5.10 Å². The maximum Gasteiger partial charge on any atom is 0.331 e. The quantitative estimate of drug-likeness (QED) is 0.729. The van der Waals surface area contributed by atoms with Crippen molar-refractivity contribution in [3.63, 3.8) is 0 Å². The van der Waals surface area contributed by atoms with Gasteiger partial charge in [0.15, 0.2) is 0 Å². The van der Waals surface area contributed by atoms with Crippen molar-refractivity contribution in [3.05, 3.63) is 62.0 Å². The number of aromatic hydroxyl groups is 1. The van der Waals surface area contributed by atoms with Gasteiger partial charge in [-0.1, -0.05) is 12.1 Å². The van der Waals surface area contributed by atoms with Gasteiger partial charge in [0, 0.05) is 32.7 Å². The van der Waals surface area contributed by atoms with Gasteiger partial charge in [0.25, 0.3) is 5.56 Å². The third kappa shape index (κ3) is 4.62. The van der Waals surface area contributed by atoms with Gasteiger partial charge in [0.2, 0.25) is 5.88 Å². The molecular formula is C18H22FN5O3. The standard InChI is InChI=1S/C18H22FN5O3/c1-22-8-10-23(11-9-22)20-12-15-16(25)21-18(27)24(17(15)26)7-6-13-2-4-14(19)5-3-13/h2-5,12,26H,6-11H2,1H3,(H,21,25,27)/b20-12+. The van der Waals surface area contributed by atoms with E-state index in [9.17, 15) is 19.1 Å². The molecule has 0 aliphatic carbocycles. The molecule has 0 spiro atoms. The molecule has 3 rings (SSSR count). The number of H-pyrrole nitrogens is 1. The Bertz CT molecular complexity index is 927. The molecule has 27 heavy (non-hydrogen) atoms. The number of piperazine rings is 1. The highest BCUT2D eigenvalue weighted by molar-refractivity contribution is 5.81. The van der Waals surface area contributed by atoms with Crippen molar-refractivity contribution in [2.24, 2.45) is 5.10 Å². The van der Waals surface area contributed by atoms with Crippen LogP contribution in [0, 0.1) is 5.82 Å². The minimum Gasteiger partial charge on any atom is -0.494 e. The molecule has 144 valence electrons. The molecule has 2 heterocycles. The van der Waals surface area contributed by atoms with Gasteiger partial charge in [0.1, 0.15) is 11.4 Å². The van der Waals surface area contributed by atoms with Crippen LogP contribution < -0.4 is 11.2 Å². The topological polar surface area (TPSA) is 93.9 Å². The number of hydrogen-bond acceptors (Lipinski definition) is 6. The SMILES string of the molecule is CN1CCN(/N=C/c2c(O)n(CCc3ccc(F)cc3)c(=O)[nH]c2=O)CC1. The fourth-order valence-corrected chi connectivity index (χ4v) is 2.84. The van der Waals surface area contributed by atoms with Gasteiger partial charge >= 0.3 is 5.69 Å². The van der Waals surface area contributed by atoms with Crippen LogP contribution in [0.15, 0.2) is 39.0 Å². The second-order valence-electron chi connectivity index (χ2n) is 6.53. The molecule has 1 aliphatic rings. The van der Waals surface area contributed by atoms with Crippen molar-refractivity contribution >= 4 is 6.21 Å². The van der Waals surface area contributed by atoms with E-state index < -0.39 is 17.1 Å². The number of rotatable bonds is 5. The number of benzene rings is 1. The van der Waals surface area contributed by atoms with Crippen LogP contribution in [0.4, 0.5) is 4.39 Å². The molecule has 2 N–H and O–H groups in total. The van der Waals surface area contributed by atoms with Crippen molar-refractivity contribution in [1.82, 2.24) is 19.5 Å². The Labute approximate surface area is 155 Å². The first-order valence-electron chi connectivity index (χ1n) is 8.72. The highest BCUT2D eigenvalue weighted by Crippen LogP contribution is 2.11. The Morgan fingerprint density at radius 3 is 2.52 bits per heavy atom. The summed E-state index contributed by atoms with van der Waals surface area (Å²) >= 11 is 0. The summed E-state index contributed by atoms with van der Waals surface area (Å²) in [6.45, 7) is 3.29. The van der Waals surface area contributed by atoms with E-state index in [-0.39, 0.29) is 17.9 Å². The Morgan fingerprint density at radius 1 is 1.19 bits per heavy atom. The highest BCUT2D eigenvalue weighted by atomic mass is 19.1. The lowest BCUT2D eigenvalue weighted by atomic mass is 10.1. The molecule has 0 saturated carbocycles. The number of halogens is 1. The monoisotopic (exact) mass is 375 g/mol. The Morgan fingerprint density at radius 2 is 1.85 bits per heavy atom. The first-order chi connectivity index (χ1) is 12.9. The maximum atomic E-state index is 13.0. The van der Waals surface area contributed by atoms with Gasteiger partial charge in [-0.15, -0.1) is 0 Å². The second kappa shape index (κ2) is 8.17.